The van der Waals surface area contributed by atoms with Crippen LogP contribution in [0.15, 0.2) is 102 Å². The molecule has 0 aliphatic heterocycles. The number of benzene rings is 4. The number of carboxylic acids is 1. The summed E-state index contributed by atoms with van der Waals surface area (Å²) < 4.78 is 34.8. The molecule has 6 rings (SSSR count). The maximum Gasteiger partial charge on any atom is 0.335 e. The van der Waals surface area contributed by atoms with Gasteiger partial charge < -0.3 is 15.7 Å². The van der Waals surface area contributed by atoms with Crippen molar-refractivity contribution >= 4 is 74.7 Å². The highest BCUT2D eigenvalue weighted by atomic mass is 35.5. The van der Waals surface area contributed by atoms with Crippen molar-refractivity contribution in [2.75, 3.05) is 10.6 Å². The summed E-state index contributed by atoms with van der Waals surface area (Å²) in [5, 5.41) is 15.1. The molecular formula is C35H26Cl2N8O5S. The summed E-state index contributed by atoms with van der Waals surface area (Å²) in [6.07, 6.45) is 3.91. The van der Waals surface area contributed by atoms with E-state index in [2.05, 4.69) is 40.5 Å². The van der Waals surface area contributed by atoms with Crippen molar-refractivity contribution in [2.24, 2.45) is 0 Å². The number of halogens is 2. The molecule has 0 unspecified atom stereocenters. The summed E-state index contributed by atoms with van der Waals surface area (Å²) in [6.45, 7) is 0. The third-order valence-electron chi connectivity index (χ3n) is 7.25. The van der Waals surface area contributed by atoms with Crippen molar-refractivity contribution in [3.63, 3.8) is 0 Å². The molecule has 16 heteroatoms. The Balaban J connectivity index is 1.15. The molecule has 0 aliphatic carbocycles. The molecule has 0 bridgehead atoms. The standard InChI is InChI=1S/C35H26Cl2N8O5S/c36-32-40-29(42-34(44-32)38-26-4-2-1-3-5-26)18-22-8-6-21(7-9-22)10-13-24-16-17-27(20-28(24)51(48,49)50)39-35-43-30(41-33(37)45-35)19-23-11-14-25(15-12-23)31(46)47/h1-17,20H,18-19H2,(H,46,47)(H,48,49,50)(H,38,40,42,44)(H,39,41,43,45)/b13-10+. The van der Waals surface area contributed by atoms with Gasteiger partial charge in [-0.3, -0.25) is 4.55 Å². The van der Waals surface area contributed by atoms with Gasteiger partial charge in [-0.2, -0.15) is 28.4 Å². The van der Waals surface area contributed by atoms with Gasteiger partial charge in [0.1, 0.15) is 16.5 Å². The molecule has 4 aromatic carbocycles. The number of hydrogen-bond acceptors (Lipinski definition) is 11. The van der Waals surface area contributed by atoms with E-state index in [9.17, 15) is 17.8 Å². The number of nitrogens with one attached hydrogen (secondary N) is 2. The van der Waals surface area contributed by atoms with Gasteiger partial charge in [0.15, 0.2) is 0 Å². The molecule has 6 aromatic rings. The Morgan fingerprint density at radius 3 is 1.76 bits per heavy atom. The van der Waals surface area contributed by atoms with Crippen molar-refractivity contribution in [3.05, 3.63) is 147 Å². The molecule has 51 heavy (non-hydrogen) atoms. The summed E-state index contributed by atoms with van der Waals surface area (Å²) in [6, 6.07) is 27.5. The van der Waals surface area contributed by atoms with Crippen molar-refractivity contribution in [3.8, 4) is 0 Å². The second-order valence-corrected chi connectivity index (χ2v) is 13.0. The van der Waals surface area contributed by atoms with Crippen LogP contribution in [-0.4, -0.2) is 54.0 Å². The lowest BCUT2D eigenvalue weighted by Gasteiger charge is -2.10. The molecule has 2 aromatic heterocycles. The van der Waals surface area contributed by atoms with Crippen molar-refractivity contribution < 1.29 is 22.9 Å². The second kappa shape index (κ2) is 15.4. The lowest BCUT2D eigenvalue weighted by atomic mass is 10.1. The van der Waals surface area contributed by atoms with Gasteiger partial charge in [-0.05, 0) is 81.9 Å². The van der Waals surface area contributed by atoms with Gasteiger partial charge in [0.05, 0.1) is 5.56 Å². The van der Waals surface area contributed by atoms with E-state index in [1.807, 2.05) is 54.6 Å². The van der Waals surface area contributed by atoms with Gasteiger partial charge in [-0.1, -0.05) is 72.8 Å². The molecule has 0 aliphatic rings. The normalized spacial score (nSPS) is 11.4. The summed E-state index contributed by atoms with van der Waals surface area (Å²) in [7, 11) is -4.63. The van der Waals surface area contributed by atoms with Crippen molar-refractivity contribution in [1.82, 2.24) is 29.9 Å². The number of anilines is 4. The molecule has 256 valence electrons. The van der Waals surface area contributed by atoms with Crippen LogP contribution in [0.4, 0.5) is 23.3 Å². The first-order valence-corrected chi connectivity index (χ1v) is 17.3. The van der Waals surface area contributed by atoms with E-state index in [1.165, 1.54) is 24.3 Å². The van der Waals surface area contributed by atoms with Crippen LogP contribution in [-0.2, 0) is 23.0 Å². The average Bonchev–Trinajstić information content (AvgIpc) is 3.08. The maximum atomic E-state index is 12.4. The number of nitrogens with zero attached hydrogens (tertiary/aromatic N) is 6. The summed E-state index contributed by atoms with van der Waals surface area (Å²) >= 11 is 12.3. The summed E-state index contributed by atoms with van der Waals surface area (Å²) in [5.74, 6) is 0.104. The molecule has 0 atom stereocenters. The van der Waals surface area contributed by atoms with Crippen LogP contribution >= 0.6 is 23.2 Å². The quantitative estimate of drug-likeness (QED) is 0.0731. The topological polar surface area (TPSA) is 193 Å². The van der Waals surface area contributed by atoms with Gasteiger partial charge in [0.25, 0.3) is 10.1 Å². The molecule has 2 heterocycles. The number of carboxylic acid groups (broad SMARTS) is 1. The molecule has 0 saturated heterocycles. The zero-order valence-corrected chi connectivity index (χ0v) is 28.6. The Labute approximate surface area is 301 Å². The largest absolute Gasteiger partial charge is 0.478 e. The monoisotopic (exact) mass is 740 g/mol. The van der Waals surface area contributed by atoms with Crippen molar-refractivity contribution in [1.29, 1.82) is 0 Å². The Kier molecular flexibility index (Phi) is 10.6. The van der Waals surface area contributed by atoms with Gasteiger partial charge in [-0.25, -0.2) is 14.8 Å². The van der Waals surface area contributed by atoms with E-state index in [0.29, 0.717) is 24.0 Å². The SMILES string of the molecule is O=C(O)c1ccc(Cc2nc(Cl)nc(Nc3ccc(/C=C/c4ccc(Cc5nc(Cl)nc(Nc6ccccc6)n5)cc4)c(S(=O)(=O)O)c3)n2)cc1. The third-order valence-corrected chi connectivity index (χ3v) is 8.49. The van der Waals surface area contributed by atoms with Gasteiger partial charge in [-0.15, -0.1) is 0 Å². The first-order chi connectivity index (χ1) is 24.5. The molecule has 13 nitrogen and oxygen atoms in total. The highest BCUT2D eigenvalue weighted by Crippen LogP contribution is 2.25. The highest BCUT2D eigenvalue weighted by Gasteiger charge is 2.16. The van der Waals surface area contributed by atoms with E-state index < -0.39 is 16.1 Å². The number of carbonyl (C=O) groups is 1. The van der Waals surface area contributed by atoms with E-state index in [4.69, 9.17) is 28.3 Å². The van der Waals surface area contributed by atoms with Crippen LogP contribution in [0.1, 0.15) is 44.3 Å². The van der Waals surface area contributed by atoms with E-state index in [-0.39, 0.29) is 44.6 Å². The molecule has 4 N–H and O–H groups in total. The van der Waals surface area contributed by atoms with Crippen LogP contribution in [0.2, 0.25) is 10.6 Å². The first-order valence-electron chi connectivity index (χ1n) is 15.1. The zero-order valence-electron chi connectivity index (χ0n) is 26.3. The number of aromatic carboxylic acids is 1. The molecule has 0 saturated carbocycles. The van der Waals surface area contributed by atoms with Crippen LogP contribution in [0, 0.1) is 0 Å². The highest BCUT2D eigenvalue weighted by molar-refractivity contribution is 7.86. The maximum absolute atomic E-state index is 12.4. The molecule has 0 amide bonds. The van der Waals surface area contributed by atoms with E-state index in [0.717, 1.165) is 22.4 Å². The van der Waals surface area contributed by atoms with Crippen molar-refractivity contribution in [2.45, 2.75) is 17.7 Å². The van der Waals surface area contributed by atoms with Crippen LogP contribution in [0.25, 0.3) is 12.2 Å². The van der Waals surface area contributed by atoms with E-state index >= 15 is 0 Å². The fourth-order valence-electron chi connectivity index (χ4n) is 4.87. The minimum Gasteiger partial charge on any atom is -0.478 e. The molecular weight excluding hydrogens is 715 g/mol. The summed E-state index contributed by atoms with van der Waals surface area (Å²) in [4.78, 5) is 36.2. The third kappa shape index (κ3) is 9.67. The predicted molar refractivity (Wildman–Crippen MR) is 193 cm³/mol. The minimum absolute atomic E-state index is 0.0416. The number of hydrogen-bond donors (Lipinski definition) is 4. The van der Waals surface area contributed by atoms with Gasteiger partial charge >= 0.3 is 5.97 Å². The Hall–Kier alpha value is -5.80. The molecule has 0 fully saturated rings. The number of rotatable bonds is 12. The van der Waals surface area contributed by atoms with Gasteiger partial charge in [0, 0.05) is 24.2 Å². The Morgan fingerprint density at radius 2 is 1.22 bits per heavy atom. The Morgan fingerprint density at radius 1 is 0.667 bits per heavy atom. The minimum atomic E-state index is -4.63. The van der Waals surface area contributed by atoms with Crippen LogP contribution in [0.5, 0.6) is 0 Å². The number of para-hydroxylation sites is 1. The average molecular weight is 742 g/mol. The van der Waals surface area contributed by atoms with Crippen LogP contribution < -0.4 is 10.6 Å². The zero-order chi connectivity index (χ0) is 36.0. The molecule has 0 spiro atoms. The fourth-order valence-corrected chi connectivity index (χ4v) is 5.93. The molecule has 0 radical (unpaired) electrons. The smallest absolute Gasteiger partial charge is 0.335 e. The van der Waals surface area contributed by atoms with Gasteiger partial charge in [0.2, 0.25) is 22.5 Å². The van der Waals surface area contributed by atoms with E-state index in [1.54, 1.807) is 30.4 Å². The fraction of sp³-hybridized carbons (Fsp3) is 0.0571. The second-order valence-electron chi connectivity index (χ2n) is 11.0. The Bertz CT molecular complexity index is 2350. The lowest BCUT2D eigenvalue weighted by molar-refractivity contribution is 0.0697. The lowest BCUT2D eigenvalue weighted by Crippen LogP contribution is -2.06. The first kappa shape index (κ1) is 35.0. The number of aromatic nitrogens is 6. The predicted octanol–water partition coefficient (Wildman–Crippen LogP) is 7.15. The summed E-state index contributed by atoms with van der Waals surface area (Å²) in [5.41, 5.74) is 3.89. The van der Waals surface area contributed by atoms with Crippen LogP contribution in [0.3, 0.4) is 0 Å².